The summed E-state index contributed by atoms with van der Waals surface area (Å²) in [6, 6.07) is -0.441. The Kier molecular flexibility index (Phi) is 3.13. The third kappa shape index (κ3) is 2.20. The minimum absolute atomic E-state index is 0.441. The molecule has 110 valence electrons. The van der Waals surface area contributed by atoms with Crippen LogP contribution in [-0.2, 0) is 4.79 Å². The quantitative estimate of drug-likeness (QED) is 0.776. The van der Waals surface area contributed by atoms with Crippen LogP contribution in [0.4, 0.5) is 0 Å². The molecule has 0 aromatic rings. The van der Waals surface area contributed by atoms with Crippen LogP contribution in [0, 0.1) is 29.6 Å². The SMILES string of the molecule is O=C(O)C1C=C(CCC2C3CC4CC(C3)CC2C4)CN1. The van der Waals surface area contributed by atoms with Crippen molar-refractivity contribution in [1.29, 1.82) is 0 Å². The van der Waals surface area contributed by atoms with Gasteiger partial charge in [0.2, 0.25) is 0 Å². The van der Waals surface area contributed by atoms with E-state index in [1.807, 2.05) is 6.08 Å². The van der Waals surface area contributed by atoms with E-state index in [1.165, 1.54) is 44.1 Å². The van der Waals surface area contributed by atoms with Crippen LogP contribution in [0.15, 0.2) is 11.6 Å². The highest BCUT2D eigenvalue weighted by Crippen LogP contribution is 2.57. The van der Waals surface area contributed by atoms with E-state index in [1.54, 1.807) is 0 Å². The standard InChI is InChI=1S/C17H25NO2/c19-17(20)16-8-10(9-18-16)1-2-15-13-4-11-3-12(6-13)7-14(15)5-11/h8,11-16,18H,1-7,9H2,(H,19,20). The maximum Gasteiger partial charge on any atom is 0.324 e. The summed E-state index contributed by atoms with van der Waals surface area (Å²) in [5.74, 6) is 4.30. The molecule has 20 heavy (non-hydrogen) atoms. The zero-order valence-corrected chi connectivity index (χ0v) is 12.1. The Morgan fingerprint density at radius 3 is 2.35 bits per heavy atom. The zero-order chi connectivity index (χ0) is 13.7. The fourth-order valence-corrected chi connectivity index (χ4v) is 5.79. The number of carboxylic acids is 1. The molecule has 3 nitrogen and oxygen atoms in total. The molecule has 1 aliphatic heterocycles. The van der Waals surface area contributed by atoms with Crippen LogP contribution >= 0.6 is 0 Å². The molecule has 0 saturated heterocycles. The van der Waals surface area contributed by atoms with Crippen molar-refractivity contribution in [3.8, 4) is 0 Å². The fourth-order valence-electron chi connectivity index (χ4n) is 5.79. The highest BCUT2D eigenvalue weighted by molar-refractivity contribution is 5.76. The monoisotopic (exact) mass is 275 g/mol. The lowest BCUT2D eigenvalue weighted by Crippen LogP contribution is -2.45. The van der Waals surface area contributed by atoms with Crippen LogP contribution in [0.2, 0.25) is 0 Å². The molecule has 1 unspecified atom stereocenters. The molecule has 0 spiro atoms. The largest absolute Gasteiger partial charge is 0.480 e. The second-order valence-corrected chi connectivity index (χ2v) is 7.65. The fraction of sp³-hybridized carbons (Fsp3) is 0.824. The van der Waals surface area contributed by atoms with Crippen molar-refractivity contribution in [3.63, 3.8) is 0 Å². The van der Waals surface area contributed by atoms with E-state index in [0.29, 0.717) is 0 Å². The van der Waals surface area contributed by atoms with Crippen LogP contribution in [-0.4, -0.2) is 23.7 Å². The molecule has 0 aromatic carbocycles. The van der Waals surface area contributed by atoms with E-state index in [9.17, 15) is 4.79 Å². The Balaban J connectivity index is 1.36. The number of hydrogen-bond donors (Lipinski definition) is 2. The van der Waals surface area contributed by atoms with Gasteiger partial charge < -0.3 is 5.11 Å². The minimum atomic E-state index is -0.741. The lowest BCUT2D eigenvalue weighted by atomic mass is 9.51. The second-order valence-electron chi connectivity index (χ2n) is 7.65. The number of carboxylic acid groups (broad SMARTS) is 1. The van der Waals surface area contributed by atoms with Crippen LogP contribution < -0.4 is 5.32 Å². The van der Waals surface area contributed by atoms with Gasteiger partial charge in [0.15, 0.2) is 0 Å². The summed E-state index contributed by atoms with van der Waals surface area (Å²) < 4.78 is 0. The highest BCUT2D eigenvalue weighted by atomic mass is 16.4. The molecule has 1 atom stereocenters. The van der Waals surface area contributed by atoms with Crippen molar-refractivity contribution < 1.29 is 9.90 Å². The summed E-state index contributed by atoms with van der Waals surface area (Å²) >= 11 is 0. The summed E-state index contributed by atoms with van der Waals surface area (Å²) in [6.07, 6.45) is 11.9. The molecule has 4 saturated carbocycles. The topological polar surface area (TPSA) is 49.3 Å². The van der Waals surface area contributed by atoms with Gasteiger partial charge in [0.25, 0.3) is 0 Å². The summed E-state index contributed by atoms with van der Waals surface area (Å²) in [5.41, 5.74) is 1.33. The number of hydrogen-bond acceptors (Lipinski definition) is 2. The Hall–Kier alpha value is -0.830. The highest BCUT2D eigenvalue weighted by Gasteiger charge is 2.47. The molecule has 5 rings (SSSR count). The Labute approximate surface area is 120 Å². The first-order chi connectivity index (χ1) is 9.69. The van der Waals surface area contributed by atoms with E-state index in [4.69, 9.17) is 5.11 Å². The van der Waals surface area contributed by atoms with Gasteiger partial charge in [-0.1, -0.05) is 11.6 Å². The van der Waals surface area contributed by atoms with Crippen LogP contribution in [0.1, 0.15) is 44.9 Å². The normalized spacial score (nSPS) is 45.7. The van der Waals surface area contributed by atoms with Gasteiger partial charge in [-0.2, -0.15) is 0 Å². The average Bonchev–Trinajstić information content (AvgIpc) is 2.86. The van der Waals surface area contributed by atoms with Gasteiger partial charge >= 0.3 is 5.97 Å². The van der Waals surface area contributed by atoms with Crippen LogP contribution in [0.3, 0.4) is 0 Å². The Morgan fingerprint density at radius 2 is 1.80 bits per heavy atom. The molecule has 2 N–H and O–H groups in total. The first-order valence-electron chi connectivity index (χ1n) is 8.35. The number of nitrogens with one attached hydrogen (secondary N) is 1. The summed E-state index contributed by atoms with van der Waals surface area (Å²) in [6.45, 7) is 0.782. The molecule has 3 heteroatoms. The molecule has 0 amide bonds. The summed E-state index contributed by atoms with van der Waals surface area (Å²) in [5, 5.41) is 12.1. The molecule has 0 aromatic heterocycles. The molecule has 5 aliphatic rings. The van der Waals surface area contributed by atoms with E-state index in [0.717, 1.165) is 42.6 Å². The van der Waals surface area contributed by atoms with Gasteiger partial charge in [0.1, 0.15) is 6.04 Å². The molecular formula is C17H25NO2. The van der Waals surface area contributed by atoms with Crippen LogP contribution in [0.25, 0.3) is 0 Å². The predicted octanol–water partition coefficient (Wildman–Crippen LogP) is 2.82. The van der Waals surface area contributed by atoms with Gasteiger partial charge in [-0.05, 0) is 74.5 Å². The predicted molar refractivity (Wildman–Crippen MR) is 77.3 cm³/mol. The molecule has 4 bridgehead atoms. The average molecular weight is 275 g/mol. The van der Waals surface area contributed by atoms with Crippen molar-refractivity contribution in [2.75, 3.05) is 6.54 Å². The van der Waals surface area contributed by atoms with Gasteiger partial charge in [0, 0.05) is 6.54 Å². The maximum atomic E-state index is 10.9. The van der Waals surface area contributed by atoms with Gasteiger partial charge in [-0.15, -0.1) is 0 Å². The minimum Gasteiger partial charge on any atom is -0.480 e. The van der Waals surface area contributed by atoms with E-state index >= 15 is 0 Å². The second kappa shape index (κ2) is 4.87. The number of carbonyl (C=O) groups is 1. The third-order valence-corrected chi connectivity index (χ3v) is 6.44. The van der Waals surface area contributed by atoms with Crippen LogP contribution in [0.5, 0.6) is 0 Å². The molecule has 1 heterocycles. The first kappa shape index (κ1) is 12.9. The molecule has 4 fully saturated rings. The van der Waals surface area contributed by atoms with Crippen molar-refractivity contribution in [2.24, 2.45) is 29.6 Å². The maximum absolute atomic E-state index is 10.9. The van der Waals surface area contributed by atoms with E-state index < -0.39 is 12.0 Å². The molecule has 4 aliphatic carbocycles. The molecular weight excluding hydrogens is 250 g/mol. The van der Waals surface area contributed by atoms with E-state index in [2.05, 4.69) is 5.32 Å². The third-order valence-electron chi connectivity index (χ3n) is 6.44. The van der Waals surface area contributed by atoms with Gasteiger partial charge in [-0.3, -0.25) is 10.1 Å². The van der Waals surface area contributed by atoms with Crippen molar-refractivity contribution in [2.45, 2.75) is 51.0 Å². The van der Waals surface area contributed by atoms with Crippen molar-refractivity contribution >= 4 is 5.97 Å². The number of rotatable bonds is 4. The Morgan fingerprint density at radius 1 is 1.15 bits per heavy atom. The number of aliphatic carboxylic acids is 1. The lowest BCUT2D eigenvalue weighted by Gasteiger charge is -2.54. The van der Waals surface area contributed by atoms with Gasteiger partial charge in [-0.25, -0.2) is 0 Å². The smallest absolute Gasteiger partial charge is 0.324 e. The van der Waals surface area contributed by atoms with Gasteiger partial charge in [0.05, 0.1) is 0 Å². The Bertz CT molecular complexity index is 414. The molecule has 0 radical (unpaired) electrons. The first-order valence-corrected chi connectivity index (χ1v) is 8.35. The summed E-state index contributed by atoms with van der Waals surface area (Å²) in [7, 11) is 0. The van der Waals surface area contributed by atoms with Crippen molar-refractivity contribution in [3.05, 3.63) is 11.6 Å². The van der Waals surface area contributed by atoms with E-state index in [-0.39, 0.29) is 0 Å². The summed E-state index contributed by atoms with van der Waals surface area (Å²) in [4.78, 5) is 10.9. The zero-order valence-electron chi connectivity index (χ0n) is 12.1. The van der Waals surface area contributed by atoms with Crippen molar-refractivity contribution in [1.82, 2.24) is 5.32 Å². The lowest BCUT2D eigenvalue weighted by molar-refractivity contribution is -0.137.